The maximum absolute atomic E-state index is 12.7. The smallest absolute Gasteiger partial charge is 0.322 e. The number of amides is 3. The minimum atomic E-state index is -0.141. The van der Waals surface area contributed by atoms with E-state index in [1.54, 1.807) is 30.2 Å². The Hall–Kier alpha value is -3.04. The summed E-state index contributed by atoms with van der Waals surface area (Å²) in [6.45, 7) is 5.32. The molecule has 2 aliphatic rings. The van der Waals surface area contributed by atoms with Gasteiger partial charge < -0.3 is 29.0 Å². The molecule has 0 spiro atoms. The lowest BCUT2D eigenvalue weighted by molar-refractivity contribution is -0.0283. The number of hydrogen-bond acceptors (Lipinski definition) is 6. The SMILES string of the molecule is COc1cccc(NC(=O)N2CCO[C@H](CN3CCCN(C(=O)c4ccco4)CC3)C2)c1. The monoisotopic (exact) mass is 442 g/mol. The molecule has 1 N–H and O–H groups in total. The minimum Gasteiger partial charge on any atom is -0.497 e. The topological polar surface area (TPSA) is 87.5 Å². The number of morpholine rings is 1. The highest BCUT2D eigenvalue weighted by atomic mass is 16.5. The molecule has 32 heavy (non-hydrogen) atoms. The second kappa shape index (κ2) is 10.5. The third-order valence-electron chi connectivity index (χ3n) is 5.82. The lowest BCUT2D eigenvalue weighted by Gasteiger charge is -2.35. The molecule has 1 aromatic heterocycles. The molecule has 9 nitrogen and oxygen atoms in total. The molecular formula is C23H30N4O5. The molecular weight excluding hydrogens is 412 g/mol. The normalized spacial score (nSPS) is 20.0. The first-order valence-electron chi connectivity index (χ1n) is 11.0. The summed E-state index contributed by atoms with van der Waals surface area (Å²) in [7, 11) is 1.60. The van der Waals surface area contributed by atoms with Crippen LogP contribution in [0.1, 0.15) is 17.0 Å². The summed E-state index contributed by atoms with van der Waals surface area (Å²) in [4.78, 5) is 31.2. The van der Waals surface area contributed by atoms with Crippen LogP contribution in [0.2, 0.25) is 0 Å². The molecule has 3 heterocycles. The van der Waals surface area contributed by atoms with Crippen LogP contribution < -0.4 is 10.1 Å². The summed E-state index contributed by atoms with van der Waals surface area (Å²) in [5.74, 6) is 1.02. The number of anilines is 1. The van der Waals surface area contributed by atoms with Crippen LogP contribution in [0, 0.1) is 0 Å². The van der Waals surface area contributed by atoms with Crippen LogP contribution in [0.4, 0.5) is 10.5 Å². The van der Waals surface area contributed by atoms with E-state index in [-0.39, 0.29) is 18.0 Å². The minimum absolute atomic E-state index is 0.0628. The predicted molar refractivity (Wildman–Crippen MR) is 119 cm³/mol. The number of rotatable bonds is 5. The fourth-order valence-corrected chi connectivity index (χ4v) is 4.12. The molecule has 2 fully saturated rings. The van der Waals surface area contributed by atoms with Gasteiger partial charge in [-0.15, -0.1) is 0 Å². The van der Waals surface area contributed by atoms with Crippen molar-refractivity contribution in [1.82, 2.24) is 14.7 Å². The molecule has 2 saturated heterocycles. The van der Waals surface area contributed by atoms with E-state index < -0.39 is 0 Å². The Morgan fingerprint density at radius 3 is 2.81 bits per heavy atom. The van der Waals surface area contributed by atoms with E-state index in [1.807, 2.05) is 23.1 Å². The molecule has 172 valence electrons. The number of urea groups is 1. The first-order valence-corrected chi connectivity index (χ1v) is 11.0. The van der Waals surface area contributed by atoms with Crippen molar-refractivity contribution in [2.24, 2.45) is 0 Å². The second-order valence-electron chi connectivity index (χ2n) is 8.02. The van der Waals surface area contributed by atoms with Crippen molar-refractivity contribution in [3.8, 4) is 5.75 Å². The van der Waals surface area contributed by atoms with Gasteiger partial charge in [0.1, 0.15) is 5.75 Å². The van der Waals surface area contributed by atoms with Gasteiger partial charge in [0.05, 0.1) is 26.1 Å². The van der Waals surface area contributed by atoms with Crippen LogP contribution in [-0.2, 0) is 4.74 Å². The Bertz CT molecular complexity index is 904. The van der Waals surface area contributed by atoms with Crippen LogP contribution in [0.3, 0.4) is 0 Å². The first kappa shape index (κ1) is 22.2. The van der Waals surface area contributed by atoms with Gasteiger partial charge in [0.25, 0.3) is 5.91 Å². The summed E-state index contributed by atoms with van der Waals surface area (Å²) in [6.07, 6.45) is 2.35. The van der Waals surface area contributed by atoms with Crippen LogP contribution in [0.25, 0.3) is 0 Å². The van der Waals surface area contributed by atoms with Crippen LogP contribution in [0.5, 0.6) is 5.75 Å². The average molecular weight is 443 g/mol. The maximum Gasteiger partial charge on any atom is 0.322 e. The molecule has 3 amide bonds. The highest BCUT2D eigenvalue weighted by Gasteiger charge is 2.28. The van der Waals surface area contributed by atoms with Gasteiger partial charge in [-0.25, -0.2) is 4.79 Å². The number of carbonyl (C=O) groups is 2. The van der Waals surface area contributed by atoms with Gasteiger partial charge in [0, 0.05) is 51.0 Å². The standard InChI is InChI=1S/C23H30N4O5/c1-30-19-6-2-5-18(15-19)24-23(29)27-12-14-31-20(17-27)16-25-8-4-9-26(11-10-25)22(28)21-7-3-13-32-21/h2-3,5-7,13,15,20H,4,8-12,14,16-17H2,1H3,(H,24,29)/t20-/m1/s1. The van der Waals surface area contributed by atoms with E-state index in [0.717, 1.165) is 26.1 Å². The highest BCUT2D eigenvalue weighted by molar-refractivity contribution is 5.91. The van der Waals surface area contributed by atoms with Crippen molar-refractivity contribution < 1.29 is 23.5 Å². The van der Waals surface area contributed by atoms with Gasteiger partial charge in [0.2, 0.25) is 0 Å². The number of methoxy groups -OCH3 is 1. The third-order valence-corrected chi connectivity index (χ3v) is 5.82. The molecule has 0 bridgehead atoms. The molecule has 2 aliphatic heterocycles. The fourth-order valence-electron chi connectivity index (χ4n) is 4.12. The van der Waals surface area contributed by atoms with E-state index in [2.05, 4.69) is 10.2 Å². The molecule has 1 aromatic carbocycles. The fraction of sp³-hybridized carbons (Fsp3) is 0.478. The molecule has 0 aliphatic carbocycles. The van der Waals surface area contributed by atoms with Crippen LogP contribution in [0.15, 0.2) is 47.1 Å². The summed E-state index contributed by atoms with van der Waals surface area (Å²) >= 11 is 0. The number of benzene rings is 1. The number of carbonyl (C=O) groups excluding carboxylic acids is 2. The van der Waals surface area contributed by atoms with Crippen LogP contribution in [-0.4, -0.2) is 92.3 Å². The Labute approximate surface area is 187 Å². The van der Waals surface area contributed by atoms with E-state index >= 15 is 0 Å². The van der Waals surface area contributed by atoms with Crippen molar-refractivity contribution in [3.63, 3.8) is 0 Å². The molecule has 0 radical (unpaired) electrons. The second-order valence-corrected chi connectivity index (χ2v) is 8.02. The van der Waals surface area contributed by atoms with E-state index in [0.29, 0.717) is 50.0 Å². The average Bonchev–Trinajstić information content (AvgIpc) is 3.26. The van der Waals surface area contributed by atoms with Crippen molar-refractivity contribution >= 4 is 17.6 Å². The Morgan fingerprint density at radius 1 is 1.09 bits per heavy atom. The first-order chi connectivity index (χ1) is 15.6. The molecule has 1 atom stereocenters. The number of ether oxygens (including phenoxy) is 2. The lowest BCUT2D eigenvalue weighted by Crippen LogP contribution is -2.51. The van der Waals surface area contributed by atoms with Crippen molar-refractivity contribution in [3.05, 3.63) is 48.4 Å². The highest BCUT2D eigenvalue weighted by Crippen LogP contribution is 2.18. The van der Waals surface area contributed by atoms with Gasteiger partial charge in [0.15, 0.2) is 5.76 Å². The van der Waals surface area contributed by atoms with Crippen molar-refractivity contribution in [2.45, 2.75) is 12.5 Å². The molecule has 2 aromatic rings. The van der Waals surface area contributed by atoms with Gasteiger partial charge in [-0.3, -0.25) is 9.69 Å². The van der Waals surface area contributed by atoms with E-state index in [4.69, 9.17) is 13.9 Å². The molecule has 0 saturated carbocycles. The molecule has 0 unspecified atom stereocenters. The van der Waals surface area contributed by atoms with Gasteiger partial charge in [-0.05, 0) is 37.2 Å². The number of hydrogen-bond donors (Lipinski definition) is 1. The number of furan rings is 1. The zero-order chi connectivity index (χ0) is 22.3. The summed E-state index contributed by atoms with van der Waals surface area (Å²) in [5.41, 5.74) is 0.700. The Kier molecular flexibility index (Phi) is 7.28. The van der Waals surface area contributed by atoms with Crippen LogP contribution >= 0.6 is 0 Å². The maximum atomic E-state index is 12.7. The lowest BCUT2D eigenvalue weighted by atomic mass is 10.2. The number of nitrogens with zero attached hydrogens (tertiary/aromatic N) is 3. The van der Waals surface area contributed by atoms with Crippen molar-refractivity contribution in [2.75, 3.05) is 64.8 Å². The molecule has 9 heteroatoms. The number of nitrogens with one attached hydrogen (secondary N) is 1. The summed E-state index contributed by atoms with van der Waals surface area (Å²) in [6, 6.07) is 10.6. The van der Waals surface area contributed by atoms with Gasteiger partial charge in [-0.1, -0.05) is 6.07 Å². The Morgan fingerprint density at radius 2 is 2.00 bits per heavy atom. The van der Waals surface area contributed by atoms with Gasteiger partial charge >= 0.3 is 6.03 Å². The van der Waals surface area contributed by atoms with E-state index in [1.165, 1.54) is 6.26 Å². The summed E-state index contributed by atoms with van der Waals surface area (Å²) in [5, 5.41) is 2.94. The predicted octanol–water partition coefficient (Wildman–Crippen LogP) is 2.37. The zero-order valence-corrected chi connectivity index (χ0v) is 18.4. The quantitative estimate of drug-likeness (QED) is 0.765. The van der Waals surface area contributed by atoms with E-state index in [9.17, 15) is 9.59 Å². The third kappa shape index (κ3) is 5.60. The zero-order valence-electron chi connectivity index (χ0n) is 18.4. The van der Waals surface area contributed by atoms with Gasteiger partial charge in [-0.2, -0.15) is 0 Å². The molecule has 4 rings (SSSR count). The largest absolute Gasteiger partial charge is 0.497 e. The summed E-state index contributed by atoms with van der Waals surface area (Å²) < 4.78 is 16.4. The Balaban J connectivity index is 1.27. The van der Waals surface area contributed by atoms with Crippen molar-refractivity contribution in [1.29, 1.82) is 0 Å².